The molecule has 16 heavy (non-hydrogen) atoms. The van der Waals surface area contributed by atoms with Gasteiger partial charge in [-0.25, -0.2) is 0 Å². The van der Waals surface area contributed by atoms with Crippen molar-refractivity contribution in [2.45, 2.75) is 26.7 Å². The number of nitrogens with one attached hydrogen (secondary N) is 2. The fourth-order valence-corrected chi connectivity index (χ4v) is 2.05. The third-order valence-corrected chi connectivity index (χ3v) is 2.99. The average Bonchev–Trinajstić information content (AvgIpc) is 2.74. The van der Waals surface area contributed by atoms with Crippen LogP contribution in [0.1, 0.15) is 26.7 Å². The molecule has 1 aromatic heterocycles. The lowest BCUT2D eigenvalue weighted by Gasteiger charge is -2.12. The zero-order chi connectivity index (χ0) is 11.4. The van der Waals surface area contributed by atoms with Gasteiger partial charge in [-0.3, -0.25) is 0 Å². The lowest BCUT2D eigenvalue weighted by atomic mass is 10.1. The highest BCUT2D eigenvalue weighted by Crippen LogP contribution is 2.18. The third kappa shape index (κ3) is 2.57. The summed E-state index contributed by atoms with van der Waals surface area (Å²) < 4.78 is 0. The quantitative estimate of drug-likeness (QED) is 0.776. The van der Waals surface area contributed by atoms with Gasteiger partial charge in [0.1, 0.15) is 0 Å². The minimum Gasteiger partial charge on any atom is -0.385 e. The Balaban J connectivity index is 1.98. The molecule has 0 amide bonds. The molecule has 1 unspecified atom stereocenters. The minimum atomic E-state index is 0.743. The summed E-state index contributed by atoms with van der Waals surface area (Å²) in [5.74, 6) is 0.743. The zero-order valence-electron chi connectivity index (χ0n) is 10.1. The molecule has 2 nitrogen and oxygen atoms in total. The molecule has 0 bridgehead atoms. The van der Waals surface area contributed by atoms with Crippen molar-refractivity contribution in [3.8, 4) is 0 Å². The summed E-state index contributed by atoms with van der Waals surface area (Å²) in [4.78, 5) is 3.20. The summed E-state index contributed by atoms with van der Waals surface area (Å²) in [6, 6.07) is 8.57. The van der Waals surface area contributed by atoms with Gasteiger partial charge in [0.15, 0.2) is 0 Å². The zero-order valence-corrected chi connectivity index (χ0v) is 10.1. The summed E-state index contributed by atoms with van der Waals surface area (Å²) in [7, 11) is 0. The van der Waals surface area contributed by atoms with Crippen LogP contribution in [0.2, 0.25) is 0 Å². The van der Waals surface area contributed by atoms with Crippen LogP contribution in [0.25, 0.3) is 10.9 Å². The van der Waals surface area contributed by atoms with Crippen LogP contribution < -0.4 is 5.32 Å². The van der Waals surface area contributed by atoms with Crippen molar-refractivity contribution in [3.05, 3.63) is 30.5 Å². The second-order valence-electron chi connectivity index (χ2n) is 4.55. The number of aromatic nitrogens is 1. The van der Waals surface area contributed by atoms with Crippen LogP contribution in [0, 0.1) is 5.92 Å². The third-order valence-electron chi connectivity index (χ3n) is 2.99. The van der Waals surface area contributed by atoms with Gasteiger partial charge >= 0.3 is 0 Å². The fraction of sp³-hybridized carbons (Fsp3) is 0.429. The summed E-state index contributed by atoms with van der Waals surface area (Å²) in [5, 5.41) is 4.77. The Hall–Kier alpha value is -1.44. The minimum absolute atomic E-state index is 0.743. The van der Waals surface area contributed by atoms with Crippen LogP contribution in [0.15, 0.2) is 30.5 Å². The highest BCUT2D eigenvalue weighted by molar-refractivity contribution is 5.82. The maximum Gasteiger partial charge on any atom is 0.0455 e. The van der Waals surface area contributed by atoms with E-state index in [1.165, 1.54) is 29.4 Å². The molecule has 0 saturated heterocycles. The van der Waals surface area contributed by atoms with E-state index < -0.39 is 0 Å². The fourth-order valence-electron chi connectivity index (χ4n) is 2.05. The topological polar surface area (TPSA) is 27.8 Å². The van der Waals surface area contributed by atoms with Crippen molar-refractivity contribution in [1.29, 1.82) is 0 Å². The Morgan fingerprint density at radius 2 is 2.19 bits per heavy atom. The van der Waals surface area contributed by atoms with Gasteiger partial charge in [-0.15, -0.1) is 0 Å². The highest BCUT2D eigenvalue weighted by Gasteiger charge is 2.01. The van der Waals surface area contributed by atoms with E-state index in [9.17, 15) is 0 Å². The predicted octanol–water partition coefficient (Wildman–Crippen LogP) is 4.02. The van der Waals surface area contributed by atoms with Crippen LogP contribution in [0.4, 0.5) is 5.69 Å². The van der Waals surface area contributed by atoms with E-state index in [2.05, 4.69) is 48.4 Å². The molecule has 0 fully saturated rings. The number of benzene rings is 1. The van der Waals surface area contributed by atoms with Crippen molar-refractivity contribution in [1.82, 2.24) is 4.98 Å². The Kier molecular flexibility index (Phi) is 3.50. The molecule has 0 aliphatic heterocycles. The molecule has 0 aliphatic rings. The predicted molar refractivity (Wildman–Crippen MR) is 70.9 cm³/mol. The molecule has 2 heteroatoms. The smallest absolute Gasteiger partial charge is 0.0455 e. The molecule has 1 atom stereocenters. The van der Waals surface area contributed by atoms with Crippen molar-refractivity contribution >= 4 is 16.6 Å². The highest BCUT2D eigenvalue weighted by atomic mass is 14.9. The number of hydrogen-bond acceptors (Lipinski definition) is 1. The molecule has 0 saturated carbocycles. The van der Waals surface area contributed by atoms with Gasteiger partial charge in [-0.2, -0.15) is 0 Å². The largest absolute Gasteiger partial charge is 0.385 e. The summed E-state index contributed by atoms with van der Waals surface area (Å²) >= 11 is 0. The van der Waals surface area contributed by atoms with Crippen LogP contribution in [-0.4, -0.2) is 11.5 Å². The second-order valence-corrected chi connectivity index (χ2v) is 4.55. The number of anilines is 1. The summed E-state index contributed by atoms with van der Waals surface area (Å²) in [5.41, 5.74) is 2.42. The number of fused-ring (bicyclic) bond motifs is 1. The van der Waals surface area contributed by atoms with Crippen molar-refractivity contribution in [2.24, 2.45) is 5.92 Å². The number of hydrogen-bond donors (Lipinski definition) is 2. The van der Waals surface area contributed by atoms with E-state index in [-0.39, 0.29) is 0 Å². The standard InChI is InChI=1S/C14H20N2/c1-3-4-11(2)10-16-13-5-6-14-12(9-13)7-8-15-14/h5-9,11,15-16H,3-4,10H2,1-2H3. The second kappa shape index (κ2) is 5.06. The summed E-state index contributed by atoms with van der Waals surface area (Å²) in [6.45, 7) is 5.59. The average molecular weight is 216 g/mol. The first kappa shape index (κ1) is 11.1. The van der Waals surface area contributed by atoms with Crippen molar-refractivity contribution in [3.63, 3.8) is 0 Å². The van der Waals surface area contributed by atoms with Gasteiger partial charge in [0.25, 0.3) is 0 Å². The van der Waals surface area contributed by atoms with Crippen LogP contribution >= 0.6 is 0 Å². The van der Waals surface area contributed by atoms with Gasteiger partial charge in [-0.05, 0) is 36.6 Å². The molecule has 2 aromatic rings. The molecular weight excluding hydrogens is 196 g/mol. The Morgan fingerprint density at radius 3 is 3.00 bits per heavy atom. The molecule has 1 heterocycles. The molecule has 2 rings (SSSR count). The van der Waals surface area contributed by atoms with Gasteiger partial charge in [0.2, 0.25) is 0 Å². The maximum absolute atomic E-state index is 3.50. The normalized spacial score (nSPS) is 12.9. The molecule has 0 aliphatic carbocycles. The first-order valence-electron chi connectivity index (χ1n) is 6.10. The Bertz CT molecular complexity index is 445. The van der Waals surface area contributed by atoms with Crippen molar-refractivity contribution < 1.29 is 0 Å². The Morgan fingerprint density at radius 1 is 1.31 bits per heavy atom. The van der Waals surface area contributed by atoms with E-state index in [1.807, 2.05) is 6.20 Å². The van der Waals surface area contributed by atoms with Gasteiger partial charge < -0.3 is 10.3 Å². The maximum atomic E-state index is 3.50. The molecule has 2 N–H and O–H groups in total. The molecule has 0 spiro atoms. The van der Waals surface area contributed by atoms with Crippen LogP contribution in [-0.2, 0) is 0 Å². The van der Waals surface area contributed by atoms with Crippen LogP contribution in [0.5, 0.6) is 0 Å². The van der Waals surface area contributed by atoms with E-state index >= 15 is 0 Å². The van der Waals surface area contributed by atoms with E-state index in [0.29, 0.717) is 0 Å². The molecule has 0 radical (unpaired) electrons. The van der Waals surface area contributed by atoms with E-state index in [1.54, 1.807) is 0 Å². The monoisotopic (exact) mass is 216 g/mol. The molecular formula is C14H20N2. The van der Waals surface area contributed by atoms with Crippen molar-refractivity contribution in [2.75, 3.05) is 11.9 Å². The first-order chi connectivity index (χ1) is 7.79. The number of rotatable bonds is 5. The van der Waals surface area contributed by atoms with Gasteiger partial charge in [-0.1, -0.05) is 20.3 Å². The Labute approximate surface area is 97.1 Å². The van der Waals surface area contributed by atoms with E-state index in [4.69, 9.17) is 0 Å². The van der Waals surface area contributed by atoms with E-state index in [0.717, 1.165) is 12.5 Å². The van der Waals surface area contributed by atoms with Crippen LogP contribution in [0.3, 0.4) is 0 Å². The van der Waals surface area contributed by atoms with Gasteiger partial charge in [0, 0.05) is 29.3 Å². The number of H-pyrrole nitrogens is 1. The molecule has 1 aromatic carbocycles. The summed E-state index contributed by atoms with van der Waals surface area (Å²) in [6.07, 6.45) is 4.53. The SMILES string of the molecule is CCCC(C)CNc1ccc2[nH]ccc2c1. The lowest BCUT2D eigenvalue weighted by Crippen LogP contribution is -2.10. The number of aromatic amines is 1. The lowest BCUT2D eigenvalue weighted by molar-refractivity contribution is 0.551. The first-order valence-corrected chi connectivity index (χ1v) is 6.10. The van der Waals surface area contributed by atoms with Gasteiger partial charge in [0.05, 0.1) is 0 Å². The molecule has 86 valence electrons.